The largest absolute Gasteiger partial charge is 0.768 e. The lowest BCUT2D eigenvalue weighted by atomic mass is 9.98. The van der Waals surface area contributed by atoms with Gasteiger partial charge in [0.1, 0.15) is 6.10 Å². The molecule has 1 rings (SSSR count). The van der Waals surface area contributed by atoms with Crippen molar-refractivity contribution in [2.75, 3.05) is 13.2 Å². The Hall–Kier alpha value is -1.68. The summed E-state index contributed by atoms with van der Waals surface area (Å²) in [6.07, 6.45) is -8.98. The summed E-state index contributed by atoms with van der Waals surface area (Å²) in [6.45, 7) is -0.974. The number of halogens is 7. The predicted molar refractivity (Wildman–Crippen MR) is 93.9 cm³/mol. The molecule has 2 atom stereocenters. The molecule has 0 heterocycles. The van der Waals surface area contributed by atoms with E-state index < -0.39 is 78.5 Å². The second-order valence-electron chi connectivity index (χ2n) is 6.97. The predicted octanol–water partition coefficient (Wildman–Crippen LogP) is 4.20. The van der Waals surface area contributed by atoms with Gasteiger partial charge in [0.05, 0.1) is 13.2 Å². The summed E-state index contributed by atoms with van der Waals surface area (Å²) >= 11 is -4.52. The maximum atomic E-state index is 13.7. The first-order chi connectivity index (χ1) is 15.1. The third-order valence-corrected chi connectivity index (χ3v) is 5.25. The first-order valence-electron chi connectivity index (χ1n) is 9.73. The van der Waals surface area contributed by atoms with Crippen molar-refractivity contribution in [1.29, 1.82) is 0 Å². The maximum Gasteiger partial charge on any atom is 0.511 e. The Bertz CT molecular complexity index is 697. The number of rotatable bonds is 11. The molecule has 0 aromatic heterocycles. The summed E-state index contributed by atoms with van der Waals surface area (Å²) in [5, 5.41) is -5.50. The Morgan fingerprint density at radius 1 is 1.03 bits per heavy atom. The highest BCUT2D eigenvalue weighted by Crippen LogP contribution is 2.41. The second kappa shape index (κ2) is 11.6. The summed E-state index contributed by atoms with van der Waals surface area (Å²) in [7, 11) is 0. The Morgan fingerprint density at radius 3 is 2.09 bits per heavy atom. The standard InChI is InChI=1S/C17H23F7O8S/c1-2-29-12(25)15(16(20,21)22,32-13(26)31-11-7-4-3-5-8-11)30-10-6-9-14(18,19)17(23,24)33(27)28/h11H,2-10H2,1H3,(H,27,28)/p-1. The van der Waals surface area contributed by atoms with Crippen molar-refractivity contribution in [3.63, 3.8) is 0 Å². The van der Waals surface area contributed by atoms with Gasteiger partial charge in [-0.05, 0) is 39.0 Å². The van der Waals surface area contributed by atoms with Gasteiger partial charge in [-0.25, -0.2) is 9.59 Å². The van der Waals surface area contributed by atoms with Gasteiger partial charge in [-0.2, -0.15) is 30.7 Å². The van der Waals surface area contributed by atoms with Gasteiger partial charge in [-0.1, -0.05) is 6.42 Å². The minimum absolute atomic E-state index is 0.332. The summed E-state index contributed by atoms with van der Waals surface area (Å²) in [4.78, 5) is 24.0. The Kier molecular flexibility index (Phi) is 10.4. The average molecular weight is 519 g/mol. The molecule has 194 valence electrons. The molecule has 1 aliphatic carbocycles. The molecular weight excluding hydrogens is 497 g/mol. The fourth-order valence-corrected chi connectivity index (χ4v) is 3.20. The molecule has 0 aromatic carbocycles. The molecule has 0 N–H and O–H groups in total. The zero-order chi connectivity index (χ0) is 25.5. The molecular formula is C17H22F7O8S-. The zero-order valence-corrected chi connectivity index (χ0v) is 18.1. The molecule has 0 saturated heterocycles. The number of carbonyl (C=O) groups is 2. The van der Waals surface area contributed by atoms with Crippen molar-refractivity contribution >= 4 is 23.2 Å². The van der Waals surface area contributed by atoms with Crippen LogP contribution in [0.4, 0.5) is 35.5 Å². The zero-order valence-electron chi connectivity index (χ0n) is 17.3. The van der Waals surface area contributed by atoms with Crippen LogP contribution in [0.1, 0.15) is 51.9 Å². The molecule has 0 aliphatic heterocycles. The molecule has 33 heavy (non-hydrogen) atoms. The first-order valence-corrected chi connectivity index (χ1v) is 10.8. The second-order valence-corrected chi connectivity index (χ2v) is 7.95. The van der Waals surface area contributed by atoms with Crippen LogP contribution in [0.15, 0.2) is 0 Å². The van der Waals surface area contributed by atoms with Gasteiger partial charge in [-0.15, -0.1) is 0 Å². The highest BCUT2D eigenvalue weighted by Gasteiger charge is 2.68. The lowest BCUT2D eigenvalue weighted by Gasteiger charge is -2.33. The van der Waals surface area contributed by atoms with Gasteiger partial charge in [0, 0.05) is 17.5 Å². The maximum absolute atomic E-state index is 13.7. The lowest BCUT2D eigenvalue weighted by molar-refractivity contribution is -0.354. The van der Waals surface area contributed by atoms with E-state index in [0.717, 1.165) is 13.3 Å². The quantitative estimate of drug-likeness (QED) is 0.131. The van der Waals surface area contributed by atoms with Crippen molar-refractivity contribution < 1.29 is 68.0 Å². The van der Waals surface area contributed by atoms with E-state index in [9.17, 15) is 49.1 Å². The van der Waals surface area contributed by atoms with E-state index in [2.05, 4.69) is 14.2 Å². The number of hydrogen-bond donors (Lipinski definition) is 0. The highest BCUT2D eigenvalue weighted by molar-refractivity contribution is 7.80. The van der Waals surface area contributed by atoms with E-state index in [1.807, 2.05) is 0 Å². The smallest absolute Gasteiger partial charge is 0.511 e. The molecule has 0 spiro atoms. The summed E-state index contributed by atoms with van der Waals surface area (Å²) in [5.74, 6) is -11.8. The SMILES string of the molecule is CCOC(=O)C(OCCCC(F)(F)C(F)(F)S(=O)[O-])(OC(=O)OC1CCCCC1)C(F)(F)F. The van der Waals surface area contributed by atoms with Gasteiger partial charge in [-0.3, -0.25) is 4.21 Å². The van der Waals surface area contributed by atoms with E-state index in [1.54, 1.807) is 0 Å². The molecule has 1 aliphatic rings. The molecule has 2 unspecified atom stereocenters. The molecule has 1 saturated carbocycles. The molecule has 0 bridgehead atoms. The molecule has 0 amide bonds. The van der Waals surface area contributed by atoms with Crippen molar-refractivity contribution in [2.24, 2.45) is 0 Å². The van der Waals surface area contributed by atoms with Crippen LogP contribution >= 0.6 is 0 Å². The van der Waals surface area contributed by atoms with Crippen LogP contribution in [-0.2, 0) is 34.8 Å². The Balaban J connectivity index is 2.98. The van der Waals surface area contributed by atoms with Gasteiger partial charge in [0.25, 0.3) is 0 Å². The number of alkyl halides is 7. The van der Waals surface area contributed by atoms with Crippen LogP contribution in [0.25, 0.3) is 0 Å². The van der Waals surface area contributed by atoms with Crippen molar-refractivity contribution in [3.8, 4) is 0 Å². The van der Waals surface area contributed by atoms with E-state index in [-0.39, 0.29) is 0 Å². The van der Waals surface area contributed by atoms with E-state index in [0.29, 0.717) is 25.7 Å². The molecule has 8 nitrogen and oxygen atoms in total. The number of ether oxygens (including phenoxy) is 4. The van der Waals surface area contributed by atoms with Crippen LogP contribution in [0.5, 0.6) is 0 Å². The third-order valence-electron chi connectivity index (χ3n) is 4.54. The average Bonchev–Trinajstić information content (AvgIpc) is 2.69. The number of carbonyl (C=O) groups excluding carboxylic acids is 2. The third kappa shape index (κ3) is 7.40. The lowest BCUT2D eigenvalue weighted by Crippen LogP contribution is -2.58. The number of hydrogen-bond acceptors (Lipinski definition) is 8. The first kappa shape index (κ1) is 29.4. The van der Waals surface area contributed by atoms with Crippen LogP contribution in [0, 0.1) is 0 Å². The van der Waals surface area contributed by atoms with Crippen molar-refractivity contribution in [3.05, 3.63) is 0 Å². The van der Waals surface area contributed by atoms with Crippen molar-refractivity contribution in [2.45, 2.75) is 81.1 Å². The van der Waals surface area contributed by atoms with Gasteiger partial charge in [0.2, 0.25) is 0 Å². The van der Waals surface area contributed by atoms with Crippen molar-refractivity contribution in [1.82, 2.24) is 0 Å². The van der Waals surface area contributed by atoms with Crippen LogP contribution in [0.2, 0.25) is 0 Å². The molecule has 0 radical (unpaired) electrons. The molecule has 0 aromatic rings. The fraction of sp³-hybridized carbons (Fsp3) is 0.882. The highest BCUT2D eigenvalue weighted by atomic mass is 32.2. The topological polar surface area (TPSA) is 111 Å². The minimum Gasteiger partial charge on any atom is -0.768 e. The fourth-order valence-electron chi connectivity index (χ4n) is 2.85. The molecule has 1 fully saturated rings. The summed E-state index contributed by atoms with van der Waals surface area (Å²) in [6, 6.07) is 0. The van der Waals surface area contributed by atoms with Gasteiger partial charge >= 0.3 is 35.3 Å². The van der Waals surface area contributed by atoms with E-state index in [4.69, 9.17) is 4.74 Å². The van der Waals surface area contributed by atoms with Crippen LogP contribution < -0.4 is 0 Å². The van der Waals surface area contributed by atoms with Gasteiger partial charge in [0.15, 0.2) is 0 Å². The van der Waals surface area contributed by atoms with Gasteiger partial charge < -0.3 is 23.5 Å². The van der Waals surface area contributed by atoms with E-state index >= 15 is 0 Å². The van der Waals surface area contributed by atoms with Crippen LogP contribution in [-0.4, -0.2) is 63.3 Å². The monoisotopic (exact) mass is 519 g/mol. The number of esters is 1. The minimum atomic E-state index is -5.78. The Labute approximate surface area is 186 Å². The Morgan fingerprint density at radius 2 is 1.61 bits per heavy atom. The van der Waals surface area contributed by atoms with E-state index in [1.165, 1.54) is 0 Å². The summed E-state index contributed by atoms with van der Waals surface area (Å²) < 4.78 is 132. The molecule has 16 heteroatoms. The summed E-state index contributed by atoms with van der Waals surface area (Å²) in [5.41, 5.74) is 0. The van der Waals surface area contributed by atoms with Crippen LogP contribution in [0.3, 0.4) is 0 Å². The normalized spacial score (nSPS) is 18.8.